The monoisotopic (exact) mass is 353 g/mol. The highest BCUT2D eigenvalue weighted by Crippen LogP contribution is 2.29. The minimum absolute atomic E-state index is 0.443. The Morgan fingerprint density at radius 2 is 1.56 bits per heavy atom. The highest BCUT2D eigenvalue weighted by Gasteiger charge is 2.09. The fourth-order valence-electron chi connectivity index (χ4n) is 2.36. The predicted octanol–water partition coefficient (Wildman–Crippen LogP) is 5.07. The van der Waals surface area contributed by atoms with Gasteiger partial charge in [0, 0.05) is 16.4 Å². The molecule has 0 unspecified atom stereocenters. The Labute approximate surface area is 152 Å². The van der Waals surface area contributed by atoms with Gasteiger partial charge in [0.25, 0.3) is 0 Å². The quantitative estimate of drug-likeness (QED) is 0.597. The summed E-state index contributed by atoms with van der Waals surface area (Å²) in [5.41, 5.74) is 10.7. The molecule has 0 aliphatic heterocycles. The number of nitrogen functional groups attached to an aromatic ring is 1. The van der Waals surface area contributed by atoms with Crippen molar-refractivity contribution in [3.05, 3.63) is 64.9 Å². The van der Waals surface area contributed by atoms with E-state index in [1.54, 1.807) is 0 Å². The van der Waals surface area contributed by atoms with Crippen LogP contribution < -0.4 is 16.4 Å². The van der Waals surface area contributed by atoms with Gasteiger partial charge in [-0.25, -0.2) is 9.97 Å². The Morgan fingerprint density at radius 1 is 0.960 bits per heavy atom. The van der Waals surface area contributed by atoms with E-state index in [1.807, 2.05) is 37.3 Å². The van der Waals surface area contributed by atoms with Crippen molar-refractivity contribution in [2.24, 2.45) is 0 Å². The van der Waals surface area contributed by atoms with Crippen LogP contribution in [0.4, 0.5) is 28.7 Å². The Morgan fingerprint density at radius 3 is 2.16 bits per heavy atom. The van der Waals surface area contributed by atoms with Gasteiger partial charge < -0.3 is 16.4 Å². The molecule has 25 heavy (non-hydrogen) atoms. The number of halogens is 1. The zero-order chi connectivity index (χ0) is 17.8. The van der Waals surface area contributed by atoms with E-state index in [0.29, 0.717) is 22.3 Å². The molecule has 3 rings (SSSR count). The third-order valence-electron chi connectivity index (χ3n) is 3.94. The van der Waals surface area contributed by atoms with E-state index in [-0.39, 0.29) is 0 Å². The molecular formula is C19H20ClN5. The number of aromatic nitrogens is 2. The van der Waals surface area contributed by atoms with Crippen molar-refractivity contribution in [1.82, 2.24) is 9.97 Å². The molecule has 0 atom stereocenters. The zero-order valence-electron chi connectivity index (χ0n) is 14.2. The third kappa shape index (κ3) is 4.00. The van der Waals surface area contributed by atoms with E-state index in [9.17, 15) is 0 Å². The summed E-state index contributed by atoms with van der Waals surface area (Å²) in [5, 5.41) is 7.10. The number of aryl methyl sites for hydroxylation is 2. The highest BCUT2D eigenvalue weighted by atomic mass is 35.5. The maximum atomic E-state index is 6.22. The van der Waals surface area contributed by atoms with Crippen molar-refractivity contribution >= 4 is 40.3 Å². The number of nitrogens with two attached hydrogens (primary N) is 1. The number of hydrogen-bond acceptors (Lipinski definition) is 5. The fraction of sp³-hybridized carbons (Fsp3) is 0.158. The molecule has 0 amide bonds. The first-order chi connectivity index (χ1) is 12.1. The van der Waals surface area contributed by atoms with E-state index in [0.717, 1.165) is 23.4 Å². The SMILES string of the molecule is CCc1ccc(Nc2ncnc(Nc3ccc(C)c(Cl)c3)c2N)cc1. The van der Waals surface area contributed by atoms with Crippen molar-refractivity contribution < 1.29 is 0 Å². The van der Waals surface area contributed by atoms with Gasteiger partial charge in [-0.15, -0.1) is 0 Å². The molecule has 1 aromatic heterocycles. The normalized spacial score (nSPS) is 10.5. The lowest BCUT2D eigenvalue weighted by molar-refractivity contribution is 1.14. The molecule has 0 saturated heterocycles. The molecule has 6 heteroatoms. The molecule has 0 aliphatic carbocycles. The van der Waals surface area contributed by atoms with Crippen LogP contribution in [0.2, 0.25) is 5.02 Å². The Balaban J connectivity index is 1.82. The maximum Gasteiger partial charge on any atom is 0.159 e. The molecule has 2 aromatic carbocycles. The molecule has 128 valence electrons. The van der Waals surface area contributed by atoms with Crippen molar-refractivity contribution in [3.8, 4) is 0 Å². The lowest BCUT2D eigenvalue weighted by Gasteiger charge is -2.13. The third-order valence-corrected chi connectivity index (χ3v) is 4.35. The van der Waals surface area contributed by atoms with Crippen LogP contribution in [0.5, 0.6) is 0 Å². The van der Waals surface area contributed by atoms with Gasteiger partial charge in [-0.3, -0.25) is 0 Å². The zero-order valence-corrected chi connectivity index (χ0v) is 14.9. The smallest absolute Gasteiger partial charge is 0.159 e. The second-order valence-electron chi connectivity index (χ2n) is 5.75. The van der Waals surface area contributed by atoms with Crippen LogP contribution in [0.3, 0.4) is 0 Å². The first-order valence-corrected chi connectivity index (χ1v) is 8.44. The first kappa shape index (κ1) is 17.0. The van der Waals surface area contributed by atoms with Crippen LogP contribution in [0, 0.1) is 6.92 Å². The minimum Gasteiger partial charge on any atom is -0.393 e. The van der Waals surface area contributed by atoms with Gasteiger partial charge >= 0.3 is 0 Å². The molecule has 0 bridgehead atoms. The van der Waals surface area contributed by atoms with Crippen LogP contribution in [0.25, 0.3) is 0 Å². The van der Waals surface area contributed by atoms with Crippen molar-refractivity contribution in [2.75, 3.05) is 16.4 Å². The van der Waals surface area contributed by atoms with Gasteiger partial charge in [-0.1, -0.05) is 36.7 Å². The second-order valence-corrected chi connectivity index (χ2v) is 6.16. The Kier molecular flexibility index (Phi) is 5.05. The summed E-state index contributed by atoms with van der Waals surface area (Å²) in [6.07, 6.45) is 2.47. The van der Waals surface area contributed by atoms with Gasteiger partial charge in [-0.2, -0.15) is 0 Å². The summed E-state index contributed by atoms with van der Waals surface area (Å²) in [7, 11) is 0. The standard InChI is InChI=1S/C19H20ClN5/c1-3-13-5-8-14(9-6-13)24-18-17(21)19(23-11-22-18)25-15-7-4-12(2)16(20)10-15/h4-11H,3,21H2,1-2H3,(H2,22,23,24,25). The molecule has 0 radical (unpaired) electrons. The summed E-state index contributed by atoms with van der Waals surface area (Å²) in [5.74, 6) is 1.09. The Hall–Kier alpha value is -2.79. The van der Waals surface area contributed by atoms with Crippen molar-refractivity contribution in [3.63, 3.8) is 0 Å². The van der Waals surface area contributed by atoms with E-state index in [2.05, 4.69) is 39.7 Å². The number of nitrogens with one attached hydrogen (secondary N) is 2. The highest BCUT2D eigenvalue weighted by molar-refractivity contribution is 6.31. The summed E-state index contributed by atoms with van der Waals surface area (Å²) in [6.45, 7) is 4.08. The summed E-state index contributed by atoms with van der Waals surface area (Å²) < 4.78 is 0. The summed E-state index contributed by atoms with van der Waals surface area (Å²) in [4.78, 5) is 8.46. The number of anilines is 5. The fourth-order valence-corrected chi connectivity index (χ4v) is 2.54. The predicted molar refractivity (Wildman–Crippen MR) is 105 cm³/mol. The molecule has 5 nitrogen and oxygen atoms in total. The molecule has 1 heterocycles. The van der Waals surface area contributed by atoms with E-state index in [1.165, 1.54) is 11.9 Å². The topological polar surface area (TPSA) is 75.9 Å². The molecule has 3 aromatic rings. The number of benzene rings is 2. The van der Waals surface area contributed by atoms with Crippen LogP contribution in [0.1, 0.15) is 18.1 Å². The second kappa shape index (κ2) is 7.40. The molecular weight excluding hydrogens is 334 g/mol. The van der Waals surface area contributed by atoms with E-state index in [4.69, 9.17) is 17.3 Å². The summed E-state index contributed by atoms with van der Waals surface area (Å²) >= 11 is 6.17. The average molecular weight is 354 g/mol. The van der Waals surface area contributed by atoms with E-state index < -0.39 is 0 Å². The number of nitrogens with zero attached hydrogens (tertiary/aromatic N) is 2. The van der Waals surface area contributed by atoms with Crippen LogP contribution in [-0.2, 0) is 6.42 Å². The Bertz CT molecular complexity index is 877. The van der Waals surface area contributed by atoms with Gasteiger partial charge in [0.1, 0.15) is 12.0 Å². The lowest BCUT2D eigenvalue weighted by atomic mass is 10.1. The molecule has 0 spiro atoms. The molecule has 0 saturated carbocycles. The van der Waals surface area contributed by atoms with Crippen LogP contribution in [0.15, 0.2) is 48.8 Å². The van der Waals surface area contributed by atoms with Gasteiger partial charge in [-0.05, 0) is 48.7 Å². The van der Waals surface area contributed by atoms with Gasteiger partial charge in [0.2, 0.25) is 0 Å². The van der Waals surface area contributed by atoms with Crippen molar-refractivity contribution in [1.29, 1.82) is 0 Å². The number of hydrogen-bond donors (Lipinski definition) is 3. The van der Waals surface area contributed by atoms with Crippen LogP contribution >= 0.6 is 11.6 Å². The van der Waals surface area contributed by atoms with E-state index >= 15 is 0 Å². The molecule has 0 aliphatic rings. The van der Waals surface area contributed by atoms with Crippen molar-refractivity contribution in [2.45, 2.75) is 20.3 Å². The average Bonchev–Trinajstić information content (AvgIpc) is 2.62. The summed E-state index contributed by atoms with van der Waals surface area (Å²) in [6, 6.07) is 13.9. The molecule has 0 fully saturated rings. The number of rotatable bonds is 5. The first-order valence-electron chi connectivity index (χ1n) is 8.06. The van der Waals surface area contributed by atoms with Gasteiger partial charge in [0.05, 0.1) is 0 Å². The largest absolute Gasteiger partial charge is 0.393 e. The van der Waals surface area contributed by atoms with Gasteiger partial charge in [0.15, 0.2) is 11.6 Å². The lowest BCUT2D eigenvalue weighted by Crippen LogP contribution is -2.05. The maximum absolute atomic E-state index is 6.22. The molecule has 4 N–H and O–H groups in total. The van der Waals surface area contributed by atoms with Crippen LogP contribution in [-0.4, -0.2) is 9.97 Å². The minimum atomic E-state index is 0.443.